The lowest BCUT2D eigenvalue weighted by Crippen LogP contribution is -1.88. The van der Waals surface area contributed by atoms with Gasteiger partial charge in [0.2, 0.25) is 0 Å². The summed E-state index contributed by atoms with van der Waals surface area (Å²) in [6.45, 7) is 2.02. The van der Waals surface area contributed by atoms with Gasteiger partial charge >= 0.3 is 0 Å². The largest absolute Gasteiger partial charge is 0.504 e. The van der Waals surface area contributed by atoms with E-state index in [0.29, 0.717) is 5.75 Å². The molecule has 4 heteroatoms. The minimum Gasteiger partial charge on any atom is -0.504 e. The summed E-state index contributed by atoms with van der Waals surface area (Å²) in [5.74, 6) is 0.666. The van der Waals surface area contributed by atoms with Crippen LogP contribution in [-0.4, -0.2) is 23.8 Å². The second kappa shape index (κ2) is 3.86. The Morgan fingerprint density at radius 3 is 2.57 bits per heavy atom. The molecule has 14 heavy (non-hydrogen) atoms. The lowest BCUT2D eigenvalue weighted by atomic mass is 10.1. The first-order valence-electron chi connectivity index (χ1n) is 4.24. The van der Waals surface area contributed by atoms with Gasteiger partial charge in [0.15, 0.2) is 11.5 Å². The molecule has 2 rings (SSSR count). The molecule has 1 aliphatic heterocycles. The number of epoxide rings is 1. The van der Waals surface area contributed by atoms with E-state index in [1.165, 1.54) is 7.11 Å². The number of hydrogen-bond acceptors (Lipinski definition) is 3. The van der Waals surface area contributed by atoms with E-state index in [-0.39, 0.29) is 23.4 Å². The van der Waals surface area contributed by atoms with Crippen LogP contribution >= 0.6 is 0 Å². The van der Waals surface area contributed by atoms with Crippen LogP contribution in [0.15, 0.2) is 18.2 Å². The fourth-order valence-electron chi connectivity index (χ4n) is 1.41. The van der Waals surface area contributed by atoms with E-state index in [4.69, 9.17) is 9.47 Å². The molecule has 0 bridgehead atoms. The first-order chi connectivity index (χ1) is 6.22. The maximum absolute atomic E-state index is 9.34. The van der Waals surface area contributed by atoms with Gasteiger partial charge in [-0.2, -0.15) is 0 Å². The van der Waals surface area contributed by atoms with Crippen molar-refractivity contribution in [2.45, 2.75) is 19.1 Å². The predicted octanol–water partition coefficient (Wildman–Crippen LogP) is 1.04. The summed E-state index contributed by atoms with van der Waals surface area (Å²) in [5.41, 5.74) is 1.06. The Morgan fingerprint density at radius 1 is 1.43 bits per heavy atom. The number of methoxy groups -OCH3 is 1. The van der Waals surface area contributed by atoms with Crippen LogP contribution in [0, 0.1) is 0 Å². The topological polar surface area (TPSA) is 73.5 Å². The van der Waals surface area contributed by atoms with Crippen LogP contribution in [-0.2, 0) is 4.74 Å². The van der Waals surface area contributed by atoms with Crippen molar-refractivity contribution >= 4 is 0 Å². The van der Waals surface area contributed by atoms with Crippen LogP contribution in [0.25, 0.3) is 0 Å². The zero-order chi connectivity index (χ0) is 9.42. The smallest absolute Gasteiger partial charge is 0.160 e. The summed E-state index contributed by atoms with van der Waals surface area (Å²) < 4.78 is 10.3. The lowest BCUT2D eigenvalue weighted by Gasteiger charge is -2.04. The molecule has 3 N–H and O–H groups in total. The maximum Gasteiger partial charge on any atom is 0.160 e. The Balaban J connectivity index is 0.000000980. The fraction of sp³-hybridized carbons (Fsp3) is 0.400. The molecule has 1 aromatic rings. The van der Waals surface area contributed by atoms with Gasteiger partial charge in [-0.3, -0.25) is 0 Å². The second-order valence-corrected chi connectivity index (χ2v) is 3.19. The van der Waals surface area contributed by atoms with Crippen LogP contribution in [0.3, 0.4) is 0 Å². The number of rotatable bonds is 2. The molecule has 0 radical (unpaired) electrons. The molecule has 0 amide bonds. The third kappa shape index (κ3) is 1.81. The van der Waals surface area contributed by atoms with Crippen molar-refractivity contribution in [3.8, 4) is 11.5 Å². The second-order valence-electron chi connectivity index (χ2n) is 3.19. The van der Waals surface area contributed by atoms with Gasteiger partial charge in [0.1, 0.15) is 6.10 Å². The van der Waals surface area contributed by atoms with E-state index in [9.17, 15) is 5.11 Å². The minimum absolute atomic E-state index is 0. The van der Waals surface area contributed by atoms with Gasteiger partial charge in [-0.15, -0.1) is 0 Å². The highest BCUT2D eigenvalue weighted by atomic mass is 16.6. The Hall–Kier alpha value is -1.26. The molecule has 1 fully saturated rings. The van der Waals surface area contributed by atoms with Gasteiger partial charge in [0.05, 0.1) is 13.2 Å². The first-order valence-corrected chi connectivity index (χ1v) is 4.24. The number of phenols is 1. The fourth-order valence-corrected chi connectivity index (χ4v) is 1.41. The van der Waals surface area contributed by atoms with Crippen LogP contribution in [0.1, 0.15) is 18.6 Å². The number of ether oxygens (including phenoxy) is 2. The van der Waals surface area contributed by atoms with Crippen molar-refractivity contribution in [2.75, 3.05) is 7.11 Å². The van der Waals surface area contributed by atoms with Crippen molar-refractivity contribution in [2.24, 2.45) is 0 Å². The zero-order valence-corrected chi connectivity index (χ0v) is 8.15. The van der Waals surface area contributed by atoms with E-state index in [2.05, 4.69) is 0 Å². The SMILES string of the molecule is COc1cc(C2OC2C)ccc1O.O. The van der Waals surface area contributed by atoms with Gasteiger partial charge in [0.25, 0.3) is 0 Å². The van der Waals surface area contributed by atoms with Crippen LogP contribution in [0.4, 0.5) is 0 Å². The van der Waals surface area contributed by atoms with Gasteiger partial charge in [-0.25, -0.2) is 0 Å². The highest BCUT2D eigenvalue weighted by Gasteiger charge is 2.35. The number of phenolic OH excluding ortho intramolecular Hbond substituents is 1. The van der Waals surface area contributed by atoms with Crippen LogP contribution < -0.4 is 4.74 Å². The molecular formula is C10H14O4. The highest BCUT2D eigenvalue weighted by molar-refractivity contribution is 5.43. The molecule has 4 nitrogen and oxygen atoms in total. The van der Waals surface area contributed by atoms with Crippen molar-refractivity contribution in [1.29, 1.82) is 0 Å². The number of aromatic hydroxyl groups is 1. The average molecular weight is 198 g/mol. The van der Waals surface area contributed by atoms with Crippen LogP contribution in [0.5, 0.6) is 11.5 Å². The monoisotopic (exact) mass is 198 g/mol. The Labute approximate surface area is 82.4 Å². The zero-order valence-electron chi connectivity index (χ0n) is 8.15. The molecule has 0 aliphatic carbocycles. The third-order valence-electron chi connectivity index (χ3n) is 2.24. The molecule has 1 aliphatic rings. The van der Waals surface area contributed by atoms with Crippen molar-refractivity contribution in [1.82, 2.24) is 0 Å². The quantitative estimate of drug-likeness (QED) is 0.721. The Morgan fingerprint density at radius 2 is 2.07 bits per heavy atom. The molecular weight excluding hydrogens is 184 g/mol. The molecule has 1 saturated heterocycles. The summed E-state index contributed by atoms with van der Waals surface area (Å²) in [7, 11) is 1.54. The van der Waals surface area contributed by atoms with Gasteiger partial charge < -0.3 is 20.1 Å². The minimum atomic E-state index is 0. The summed E-state index contributed by atoms with van der Waals surface area (Å²) in [6.07, 6.45) is 0.462. The summed E-state index contributed by atoms with van der Waals surface area (Å²) in [4.78, 5) is 0. The summed E-state index contributed by atoms with van der Waals surface area (Å²) in [6, 6.07) is 5.29. The molecule has 2 atom stereocenters. The van der Waals surface area contributed by atoms with Crippen molar-refractivity contribution < 1.29 is 20.1 Å². The van der Waals surface area contributed by atoms with E-state index < -0.39 is 0 Å². The van der Waals surface area contributed by atoms with E-state index in [1.54, 1.807) is 6.07 Å². The van der Waals surface area contributed by atoms with Gasteiger partial charge in [-0.1, -0.05) is 6.07 Å². The van der Waals surface area contributed by atoms with Crippen molar-refractivity contribution in [3.63, 3.8) is 0 Å². The molecule has 2 unspecified atom stereocenters. The predicted molar refractivity (Wildman–Crippen MR) is 51.6 cm³/mol. The normalized spacial score (nSPS) is 23.9. The molecule has 0 saturated carbocycles. The first kappa shape index (κ1) is 10.8. The van der Waals surface area contributed by atoms with E-state index in [1.807, 2.05) is 19.1 Å². The van der Waals surface area contributed by atoms with Crippen LogP contribution in [0.2, 0.25) is 0 Å². The lowest BCUT2D eigenvalue weighted by molar-refractivity contribution is 0.367. The van der Waals surface area contributed by atoms with E-state index >= 15 is 0 Å². The summed E-state index contributed by atoms with van der Waals surface area (Å²) in [5, 5.41) is 9.34. The maximum atomic E-state index is 9.34. The Bertz CT molecular complexity index is 324. The third-order valence-corrected chi connectivity index (χ3v) is 2.24. The van der Waals surface area contributed by atoms with Gasteiger partial charge in [-0.05, 0) is 24.6 Å². The standard InChI is InChI=1S/C10H12O3.H2O/c1-6-10(13-6)7-3-4-8(11)9(5-7)12-2;/h3-6,10-11H,1-2H3;1H2. The van der Waals surface area contributed by atoms with Gasteiger partial charge in [0, 0.05) is 0 Å². The molecule has 0 spiro atoms. The molecule has 1 aromatic carbocycles. The molecule has 78 valence electrons. The Kier molecular flexibility index (Phi) is 2.98. The summed E-state index contributed by atoms with van der Waals surface area (Å²) >= 11 is 0. The molecule has 0 aromatic heterocycles. The van der Waals surface area contributed by atoms with Crippen molar-refractivity contribution in [3.05, 3.63) is 23.8 Å². The van der Waals surface area contributed by atoms with E-state index in [0.717, 1.165) is 5.56 Å². The highest BCUT2D eigenvalue weighted by Crippen LogP contribution is 2.40. The molecule has 1 heterocycles. The average Bonchev–Trinajstić information content (AvgIpc) is 2.84. The number of hydrogen-bond donors (Lipinski definition) is 1. The number of benzene rings is 1.